The minimum Gasteiger partial charge on any atom is -0.352 e. The van der Waals surface area contributed by atoms with Gasteiger partial charge in [0.2, 0.25) is 11.9 Å². The van der Waals surface area contributed by atoms with Gasteiger partial charge in [-0.2, -0.15) is 10.2 Å². The average Bonchev–Trinajstić information content (AvgIpc) is 3.05. The molecule has 2 aromatic heterocycles. The molecule has 0 aliphatic carbocycles. The molecule has 4 rings (SSSR count). The lowest BCUT2D eigenvalue weighted by Gasteiger charge is -2.26. The van der Waals surface area contributed by atoms with Crippen LogP contribution >= 0.6 is 0 Å². The molecule has 0 atom stereocenters. The molecule has 0 amide bonds. The summed E-state index contributed by atoms with van der Waals surface area (Å²) in [6.07, 6.45) is 3.78. The normalized spacial score (nSPS) is 14.9. The van der Waals surface area contributed by atoms with Crippen molar-refractivity contribution in [3.63, 3.8) is 0 Å². The zero-order valence-electron chi connectivity index (χ0n) is 16.1. The average molecular weight is 376 g/mol. The molecular weight excluding hydrogens is 352 g/mol. The van der Waals surface area contributed by atoms with Crippen LogP contribution in [0, 0.1) is 11.3 Å². The van der Waals surface area contributed by atoms with Crippen LogP contribution in [0.3, 0.4) is 0 Å². The summed E-state index contributed by atoms with van der Waals surface area (Å²) in [5.41, 5.74) is 3.02. The maximum Gasteiger partial charge on any atom is 0.224 e. The van der Waals surface area contributed by atoms with E-state index in [1.54, 1.807) is 12.3 Å². The van der Waals surface area contributed by atoms with Gasteiger partial charge in [-0.15, -0.1) is 0 Å². The number of nitrogens with zero attached hydrogens (tertiary/aromatic N) is 5. The summed E-state index contributed by atoms with van der Waals surface area (Å²) in [7, 11) is 0. The number of anilines is 3. The van der Waals surface area contributed by atoms with E-state index in [0.717, 1.165) is 48.7 Å². The highest BCUT2D eigenvalue weighted by molar-refractivity contribution is 5.76. The molecule has 1 saturated heterocycles. The number of rotatable bonds is 5. The van der Waals surface area contributed by atoms with Crippen LogP contribution in [0.25, 0.3) is 11.2 Å². The van der Waals surface area contributed by atoms with Crippen molar-refractivity contribution in [1.82, 2.24) is 24.8 Å². The van der Waals surface area contributed by atoms with Crippen molar-refractivity contribution in [2.24, 2.45) is 0 Å². The molecule has 8 heteroatoms. The number of nitriles is 1. The number of imidazole rings is 1. The second-order valence-electron chi connectivity index (χ2n) is 7.31. The molecule has 0 spiro atoms. The Bertz CT molecular complexity index is 1010. The van der Waals surface area contributed by atoms with E-state index in [4.69, 9.17) is 9.97 Å². The summed E-state index contributed by atoms with van der Waals surface area (Å²) in [6, 6.07) is 10.1. The Morgan fingerprint density at radius 3 is 2.82 bits per heavy atom. The third-order valence-electron chi connectivity index (χ3n) is 4.77. The van der Waals surface area contributed by atoms with Crippen LogP contribution in [-0.2, 0) is 0 Å². The monoisotopic (exact) mass is 376 g/mol. The van der Waals surface area contributed by atoms with Crippen molar-refractivity contribution in [2.45, 2.75) is 38.8 Å². The molecule has 0 unspecified atom stereocenters. The molecule has 1 aromatic carbocycles. The highest BCUT2D eigenvalue weighted by Crippen LogP contribution is 2.30. The smallest absolute Gasteiger partial charge is 0.224 e. The van der Waals surface area contributed by atoms with Gasteiger partial charge in [-0.05, 0) is 58.0 Å². The second-order valence-corrected chi connectivity index (χ2v) is 7.31. The van der Waals surface area contributed by atoms with Crippen molar-refractivity contribution in [3.8, 4) is 6.07 Å². The van der Waals surface area contributed by atoms with Gasteiger partial charge in [0, 0.05) is 17.8 Å². The fraction of sp³-hybridized carbons (Fsp3) is 0.400. The first-order valence-corrected chi connectivity index (χ1v) is 9.63. The quantitative estimate of drug-likeness (QED) is 0.628. The van der Waals surface area contributed by atoms with Crippen LogP contribution in [0.1, 0.15) is 38.3 Å². The largest absolute Gasteiger partial charge is 0.352 e. The van der Waals surface area contributed by atoms with Crippen molar-refractivity contribution in [2.75, 3.05) is 23.7 Å². The summed E-state index contributed by atoms with van der Waals surface area (Å²) in [4.78, 5) is 13.9. The summed E-state index contributed by atoms with van der Waals surface area (Å²) in [6.45, 7) is 6.06. The fourth-order valence-electron chi connectivity index (χ4n) is 3.51. The van der Waals surface area contributed by atoms with Crippen LogP contribution in [0.2, 0.25) is 0 Å². The van der Waals surface area contributed by atoms with Crippen molar-refractivity contribution < 1.29 is 0 Å². The van der Waals surface area contributed by atoms with Gasteiger partial charge >= 0.3 is 0 Å². The Balaban J connectivity index is 1.78. The zero-order chi connectivity index (χ0) is 19.5. The van der Waals surface area contributed by atoms with Gasteiger partial charge in [-0.3, -0.25) is 4.57 Å². The minimum absolute atomic E-state index is 0.249. The van der Waals surface area contributed by atoms with Gasteiger partial charge in [0.25, 0.3) is 0 Å². The Kier molecular flexibility index (Phi) is 5.08. The summed E-state index contributed by atoms with van der Waals surface area (Å²) in [5, 5.41) is 19.2. The van der Waals surface area contributed by atoms with Gasteiger partial charge < -0.3 is 16.0 Å². The van der Waals surface area contributed by atoms with E-state index in [2.05, 4.69) is 45.4 Å². The second kappa shape index (κ2) is 7.82. The highest BCUT2D eigenvalue weighted by atomic mass is 15.3. The Labute approximate surface area is 164 Å². The molecule has 0 saturated carbocycles. The number of hydrogen-bond donors (Lipinski definition) is 3. The highest BCUT2D eigenvalue weighted by Gasteiger charge is 2.23. The van der Waals surface area contributed by atoms with Crippen LogP contribution in [0.15, 0.2) is 30.5 Å². The van der Waals surface area contributed by atoms with Gasteiger partial charge in [0.1, 0.15) is 5.52 Å². The Morgan fingerprint density at radius 2 is 2.07 bits per heavy atom. The van der Waals surface area contributed by atoms with Gasteiger partial charge in [-0.25, -0.2) is 9.97 Å². The number of aromatic nitrogens is 4. The van der Waals surface area contributed by atoms with Gasteiger partial charge in [-0.1, -0.05) is 6.07 Å². The SMILES string of the molecule is CC(C)Nc1ncc2nc(Nc3cccc(C#N)c3)n(C3CCNCC3)c2n1. The van der Waals surface area contributed by atoms with Crippen LogP contribution in [-0.4, -0.2) is 38.7 Å². The van der Waals surface area contributed by atoms with E-state index in [1.165, 1.54) is 0 Å². The van der Waals surface area contributed by atoms with E-state index < -0.39 is 0 Å². The lowest BCUT2D eigenvalue weighted by Crippen LogP contribution is -2.30. The molecule has 144 valence electrons. The molecule has 3 heterocycles. The van der Waals surface area contributed by atoms with Crippen LogP contribution < -0.4 is 16.0 Å². The molecular formula is C20H24N8. The van der Waals surface area contributed by atoms with Crippen LogP contribution in [0.5, 0.6) is 0 Å². The number of hydrogen-bond acceptors (Lipinski definition) is 7. The number of benzene rings is 1. The third-order valence-corrected chi connectivity index (χ3v) is 4.77. The Hall–Kier alpha value is -3.18. The Morgan fingerprint density at radius 1 is 1.25 bits per heavy atom. The maximum atomic E-state index is 9.17. The summed E-state index contributed by atoms with van der Waals surface area (Å²) in [5.74, 6) is 1.34. The summed E-state index contributed by atoms with van der Waals surface area (Å²) >= 11 is 0. The van der Waals surface area contributed by atoms with E-state index in [9.17, 15) is 5.26 Å². The summed E-state index contributed by atoms with van der Waals surface area (Å²) < 4.78 is 2.18. The first-order chi connectivity index (χ1) is 13.6. The first-order valence-electron chi connectivity index (χ1n) is 9.63. The molecule has 1 aliphatic rings. The minimum atomic E-state index is 0.249. The number of nitrogens with one attached hydrogen (secondary N) is 3. The van der Waals surface area contributed by atoms with Crippen LogP contribution in [0.4, 0.5) is 17.6 Å². The third kappa shape index (κ3) is 3.75. The van der Waals surface area contributed by atoms with Crippen molar-refractivity contribution in [3.05, 3.63) is 36.0 Å². The molecule has 1 fully saturated rings. The van der Waals surface area contributed by atoms with Gasteiger partial charge in [0.15, 0.2) is 5.65 Å². The predicted molar refractivity (Wildman–Crippen MR) is 110 cm³/mol. The molecule has 1 aliphatic heterocycles. The molecule has 3 N–H and O–H groups in total. The maximum absolute atomic E-state index is 9.17. The molecule has 8 nitrogen and oxygen atoms in total. The van der Waals surface area contributed by atoms with Crippen molar-refractivity contribution >= 4 is 28.7 Å². The topological polar surface area (TPSA) is 103 Å². The lowest BCUT2D eigenvalue weighted by atomic mass is 10.1. The standard InChI is InChI=1S/C20H24N8/c1-13(2)24-19-23-12-17-18(27-19)28(16-6-8-22-9-7-16)20(26-17)25-15-5-3-4-14(10-15)11-21/h3-5,10,12-13,16,22H,6-9H2,1-2H3,(H,25,26)(H,23,24,27). The zero-order valence-corrected chi connectivity index (χ0v) is 16.1. The number of fused-ring (bicyclic) bond motifs is 1. The fourth-order valence-corrected chi connectivity index (χ4v) is 3.51. The lowest BCUT2D eigenvalue weighted by molar-refractivity contribution is 0.377. The van der Waals surface area contributed by atoms with E-state index in [-0.39, 0.29) is 6.04 Å². The predicted octanol–water partition coefficient (Wildman–Crippen LogP) is 3.19. The first kappa shape index (κ1) is 18.2. The van der Waals surface area contributed by atoms with E-state index in [1.807, 2.05) is 18.2 Å². The van der Waals surface area contributed by atoms with Crippen molar-refractivity contribution in [1.29, 1.82) is 5.26 Å². The molecule has 0 radical (unpaired) electrons. The molecule has 3 aromatic rings. The number of piperidine rings is 1. The van der Waals surface area contributed by atoms with Gasteiger partial charge in [0.05, 0.1) is 17.8 Å². The molecule has 0 bridgehead atoms. The van der Waals surface area contributed by atoms with E-state index >= 15 is 0 Å². The molecule has 28 heavy (non-hydrogen) atoms. The van der Waals surface area contributed by atoms with E-state index in [0.29, 0.717) is 17.6 Å².